The topological polar surface area (TPSA) is 48.0 Å². The maximum Gasteiger partial charge on any atom is 0.261 e. The van der Waals surface area contributed by atoms with Gasteiger partial charge in [0.25, 0.3) is 5.56 Å². The van der Waals surface area contributed by atoms with Gasteiger partial charge in [-0.15, -0.1) is 0 Å². The van der Waals surface area contributed by atoms with Crippen LogP contribution in [-0.2, 0) is 6.54 Å². The molecule has 6 heteroatoms. The molecule has 98 valence electrons. The van der Waals surface area contributed by atoms with Crippen molar-refractivity contribution in [2.45, 2.75) is 6.54 Å². The fourth-order valence-electron chi connectivity index (χ4n) is 1.68. The van der Waals surface area contributed by atoms with E-state index in [0.717, 1.165) is 12.1 Å². The number of halogens is 2. The third-order valence-corrected chi connectivity index (χ3v) is 2.84. The number of thiocarbonyl (C=S) groups is 1. The number of hydrogen-bond donors (Lipinski definition) is 1. The van der Waals surface area contributed by atoms with Crippen molar-refractivity contribution in [3.05, 3.63) is 69.6 Å². The molecule has 2 aromatic rings. The average molecular weight is 280 g/mol. The minimum atomic E-state index is -0.948. The summed E-state index contributed by atoms with van der Waals surface area (Å²) >= 11 is 4.77. The molecule has 0 spiro atoms. The summed E-state index contributed by atoms with van der Waals surface area (Å²) in [6.45, 7) is 0.118. The normalized spacial score (nSPS) is 10.4. The third kappa shape index (κ3) is 2.85. The summed E-state index contributed by atoms with van der Waals surface area (Å²) in [6, 6.07) is 6.63. The fraction of sp³-hybridized carbons (Fsp3) is 0.0769. The zero-order valence-corrected chi connectivity index (χ0v) is 10.6. The summed E-state index contributed by atoms with van der Waals surface area (Å²) in [5, 5.41) is 0. The number of hydrogen-bond acceptors (Lipinski definition) is 2. The zero-order chi connectivity index (χ0) is 14.0. The van der Waals surface area contributed by atoms with Gasteiger partial charge in [-0.2, -0.15) is 0 Å². The maximum atomic E-state index is 13.1. The summed E-state index contributed by atoms with van der Waals surface area (Å²) in [5.74, 6) is -1.87. The van der Waals surface area contributed by atoms with Crippen molar-refractivity contribution < 1.29 is 8.78 Å². The van der Waals surface area contributed by atoms with Crippen molar-refractivity contribution in [1.82, 2.24) is 4.57 Å². The molecule has 0 atom stereocenters. The third-order valence-electron chi connectivity index (χ3n) is 2.62. The van der Waals surface area contributed by atoms with Gasteiger partial charge in [-0.3, -0.25) is 4.79 Å². The van der Waals surface area contributed by atoms with Crippen LogP contribution in [0.25, 0.3) is 0 Å². The van der Waals surface area contributed by atoms with Crippen molar-refractivity contribution in [3.8, 4) is 0 Å². The fourth-order valence-corrected chi connectivity index (χ4v) is 1.84. The van der Waals surface area contributed by atoms with Crippen LogP contribution in [0.5, 0.6) is 0 Å². The van der Waals surface area contributed by atoms with Gasteiger partial charge in [0.2, 0.25) is 0 Å². The monoisotopic (exact) mass is 280 g/mol. The van der Waals surface area contributed by atoms with Gasteiger partial charge in [-0.05, 0) is 29.8 Å². The molecule has 3 nitrogen and oxygen atoms in total. The molecule has 0 saturated heterocycles. The lowest BCUT2D eigenvalue weighted by Crippen LogP contribution is -2.28. The molecule has 1 heterocycles. The van der Waals surface area contributed by atoms with Crippen molar-refractivity contribution >= 4 is 17.2 Å². The maximum absolute atomic E-state index is 13.1. The number of nitrogens with zero attached hydrogens (tertiary/aromatic N) is 1. The van der Waals surface area contributed by atoms with Gasteiger partial charge in [-0.1, -0.05) is 18.3 Å². The Morgan fingerprint density at radius 3 is 2.63 bits per heavy atom. The molecule has 2 N–H and O–H groups in total. The second-order valence-corrected chi connectivity index (χ2v) is 4.41. The lowest BCUT2D eigenvalue weighted by molar-refractivity contribution is 0.506. The number of rotatable bonds is 3. The van der Waals surface area contributed by atoms with Crippen molar-refractivity contribution in [3.63, 3.8) is 0 Å². The van der Waals surface area contributed by atoms with Crippen molar-refractivity contribution in [2.75, 3.05) is 0 Å². The van der Waals surface area contributed by atoms with E-state index in [2.05, 4.69) is 0 Å². The van der Waals surface area contributed by atoms with E-state index in [1.54, 1.807) is 6.07 Å². The Hall–Kier alpha value is -2.08. The highest BCUT2D eigenvalue weighted by Crippen LogP contribution is 2.09. The molecular weight excluding hydrogens is 270 g/mol. The Kier molecular flexibility index (Phi) is 3.71. The smallest absolute Gasteiger partial charge is 0.261 e. The number of pyridine rings is 1. The van der Waals surface area contributed by atoms with Crippen molar-refractivity contribution in [1.29, 1.82) is 0 Å². The molecule has 0 saturated carbocycles. The predicted octanol–water partition coefficient (Wildman–Crippen LogP) is 1.81. The molecule has 19 heavy (non-hydrogen) atoms. The van der Waals surface area contributed by atoms with E-state index in [0.29, 0.717) is 5.56 Å². The van der Waals surface area contributed by atoms with Gasteiger partial charge >= 0.3 is 0 Å². The Morgan fingerprint density at radius 1 is 1.26 bits per heavy atom. The largest absolute Gasteiger partial charge is 0.389 e. The van der Waals surface area contributed by atoms with Crippen LogP contribution < -0.4 is 11.3 Å². The lowest BCUT2D eigenvalue weighted by atomic mass is 10.2. The van der Waals surface area contributed by atoms with Gasteiger partial charge in [0.05, 0.1) is 12.1 Å². The Labute approximate surface area is 113 Å². The predicted molar refractivity (Wildman–Crippen MR) is 72.0 cm³/mol. The number of nitrogens with two attached hydrogens (primary N) is 1. The zero-order valence-electron chi connectivity index (χ0n) is 9.77. The van der Waals surface area contributed by atoms with Gasteiger partial charge < -0.3 is 10.3 Å². The van der Waals surface area contributed by atoms with E-state index in [-0.39, 0.29) is 22.7 Å². The minimum absolute atomic E-state index is 0.00429. The van der Waals surface area contributed by atoms with Crippen LogP contribution in [0.1, 0.15) is 11.1 Å². The van der Waals surface area contributed by atoms with Crippen LogP contribution in [0.3, 0.4) is 0 Å². The molecule has 0 unspecified atom stereocenters. The molecule has 2 rings (SSSR count). The standard InChI is InChI=1S/C13H10F2N2OS/c14-10-4-3-8(6-11(10)15)7-17-5-1-2-9(12(16)19)13(17)18/h1-6H,7H2,(H2,16,19). The average Bonchev–Trinajstić information content (AvgIpc) is 2.36. The molecule has 0 aliphatic heterocycles. The quantitative estimate of drug-likeness (QED) is 0.872. The van der Waals surface area contributed by atoms with E-state index in [4.69, 9.17) is 18.0 Å². The van der Waals surface area contributed by atoms with Crippen LogP contribution in [0.2, 0.25) is 0 Å². The summed E-state index contributed by atoms with van der Waals surface area (Å²) in [6.07, 6.45) is 1.53. The first-order valence-electron chi connectivity index (χ1n) is 5.42. The molecule has 1 aromatic carbocycles. The highest BCUT2D eigenvalue weighted by Gasteiger charge is 2.07. The second kappa shape index (κ2) is 5.27. The Bertz CT molecular complexity index is 697. The van der Waals surface area contributed by atoms with Crippen LogP contribution >= 0.6 is 12.2 Å². The van der Waals surface area contributed by atoms with Gasteiger partial charge in [0.15, 0.2) is 11.6 Å². The summed E-state index contributed by atoms with van der Waals surface area (Å²) < 4.78 is 27.2. The molecule has 0 fully saturated rings. The SMILES string of the molecule is NC(=S)c1cccn(Cc2ccc(F)c(F)c2)c1=O. The highest BCUT2D eigenvalue weighted by atomic mass is 32.1. The van der Waals surface area contributed by atoms with E-state index >= 15 is 0 Å². The van der Waals surface area contributed by atoms with Crippen LogP contribution in [-0.4, -0.2) is 9.56 Å². The first-order chi connectivity index (χ1) is 8.99. The number of benzene rings is 1. The van der Waals surface area contributed by atoms with E-state index in [9.17, 15) is 13.6 Å². The van der Waals surface area contributed by atoms with Gasteiger partial charge in [0, 0.05) is 6.20 Å². The summed E-state index contributed by atoms with van der Waals surface area (Å²) in [5.41, 5.74) is 5.76. The highest BCUT2D eigenvalue weighted by molar-refractivity contribution is 7.80. The Morgan fingerprint density at radius 2 is 2.00 bits per heavy atom. The number of aromatic nitrogens is 1. The second-order valence-electron chi connectivity index (χ2n) is 3.97. The van der Waals surface area contributed by atoms with Gasteiger partial charge in [0.1, 0.15) is 4.99 Å². The van der Waals surface area contributed by atoms with E-state index in [1.807, 2.05) is 0 Å². The van der Waals surface area contributed by atoms with Crippen molar-refractivity contribution in [2.24, 2.45) is 5.73 Å². The van der Waals surface area contributed by atoms with E-state index in [1.165, 1.54) is 22.9 Å². The molecule has 0 radical (unpaired) electrons. The van der Waals surface area contributed by atoms with Crippen LogP contribution in [0.15, 0.2) is 41.3 Å². The molecule has 0 amide bonds. The van der Waals surface area contributed by atoms with E-state index < -0.39 is 11.6 Å². The summed E-state index contributed by atoms with van der Waals surface area (Å²) in [7, 11) is 0. The van der Waals surface area contributed by atoms with Gasteiger partial charge in [-0.25, -0.2) is 8.78 Å². The minimum Gasteiger partial charge on any atom is -0.389 e. The summed E-state index contributed by atoms with van der Waals surface area (Å²) in [4.78, 5) is 12.0. The molecule has 0 aliphatic rings. The first kappa shape index (κ1) is 13.4. The molecule has 0 aliphatic carbocycles. The molecule has 0 bridgehead atoms. The Balaban J connectivity index is 2.38. The first-order valence-corrected chi connectivity index (χ1v) is 5.83. The molecule has 1 aromatic heterocycles. The molecular formula is C13H10F2N2OS. The van der Waals surface area contributed by atoms with Crippen LogP contribution in [0, 0.1) is 11.6 Å². The lowest BCUT2D eigenvalue weighted by Gasteiger charge is -2.08. The van der Waals surface area contributed by atoms with Crippen LogP contribution in [0.4, 0.5) is 8.78 Å².